The Hall–Kier alpha value is -1.73. The van der Waals surface area contributed by atoms with Gasteiger partial charge in [-0.05, 0) is 43.7 Å². The van der Waals surface area contributed by atoms with Crippen molar-refractivity contribution in [2.45, 2.75) is 37.6 Å². The van der Waals surface area contributed by atoms with E-state index in [4.69, 9.17) is 9.98 Å². The van der Waals surface area contributed by atoms with Crippen LogP contribution in [0.25, 0.3) is 0 Å². The minimum absolute atomic E-state index is 0.751. The number of guanidine groups is 1. The standard InChI is InChI=1S/C21H31N5S2/c1-4-22-20(25(2)15-17-7-9-19(27-3)10-8-17)23-12-11-18-16-28-21(24-18)26-13-5-6-14-26/h7-10,16H,4-6,11-15H2,1-3H3,(H,22,23). The third-order valence-electron chi connectivity index (χ3n) is 4.82. The molecule has 0 radical (unpaired) electrons. The number of hydrogen-bond acceptors (Lipinski definition) is 5. The van der Waals surface area contributed by atoms with E-state index in [1.807, 2.05) is 0 Å². The Morgan fingerprint density at radius 1 is 1.29 bits per heavy atom. The van der Waals surface area contributed by atoms with E-state index in [0.29, 0.717) is 0 Å². The average Bonchev–Trinajstić information content (AvgIpc) is 3.39. The minimum atomic E-state index is 0.751. The number of thioether (sulfide) groups is 1. The molecular weight excluding hydrogens is 386 g/mol. The molecule has 1 aromatic carbocycles. The largest absolute Gasteiger partial charge is 0.357 e. The first kappa shape index (κ1) is 21.0. The van der Waals surface area contributed by atoms with E-state index in [0.717, 1.165) is 50.8 Å². The summed E-state index contributed by atoms with van der Waals surface area (Å²) >= 11 is 3.54. The van der Waals surface area contributed by atoms with E-state index in [1.54, 1.807) is 23.1 Å². The molecule has 1 aliphatic heterocycles. The van der Waals surface area contributed by atoms with Crippen molar-refractivity contribution in [3.63, 3.8) is 0 Å². The van der Waals surface area contributed by atoms with Crippen LogP contribution < -0.4 is 10.2 Å². The number of rotatable bonds is 8. The van der Waals surface area contributed by atoms with Gasteiger partial charge in [-0.2, -0.15) is 0 Å². The third-order valence-corrected chi connectivity index (χ3v) is 6.51. The molecule has 2 heterocycles. The van der Waals surface area contributed by atoms with Gasteiger partial charge in [0.1, 0.15) is 0 Å². The lowest BCUT2D eigenvalue weighted by molar-refractivity contribution is 0.477. The summed E-state index contributed by atoms with van der Waals surface area (Å²) in [7, 11) is 2.10. The highest BCUT2D eigenvalue weighted by Gasteiger charge is 2.15. The van der Waals surface area contributed by atoms with Crippen LogP contribution in [0.15, 0.2) is 39.5 Å². The minimum Gasteiger partial charge on any atom is -0.357 e. The Morgan fingerprint density at radius 2 is 2.04 bits per heavy atom. The monoisotopic (exact) mass is 417 g/mol. The summed E-state index contributed by atoms with van der Waals surface area (Å²) in [5, 5.41) is 6.77. The highest BCUT2D eigenvalue weighted by molar-refractivity contribution is 7.98. The molecule has 0 amide bonds. The van der Waals surface area contributed by atoms with E-state index in [2.05, 4.69) is 65.0 Å². The molecule has 1 aliphatic rings. The number of nitrogens with zero attached hydrogens (tertiary/aromatic N) is 4. The van der Waals surface area contributed by atoms with Crippen molar-refractivity contribution in [2.75, 3.05) is 44.4 Å². The lowest BCUT2D eigenvalue weighted by Gasteiger charge is -2.22. The summed E-state index contributed by atoms with van der Waals surface area (Å²) in [6.07, 6.45) is 5.57. The van der Waals surface area contributed by atoms with Crippen LogP contribution in [0.1, 0.15) is 31.0 Å². The summed E-state index contributed by atoms with van der Waals surface area (Å²) in [6, 6.07) is 8.75. The van der Waals surface area contributed by atoms with Gasteiger partial charge in [-0.15, -0.1) is 23.1 Å². The molecule has 0 saturated carbocycles. The predicted octanol–water partition coefficient (Wildman–Crippen LogP) is 4.11. The van der Waals surface area contributed by atoms with Gasteiger partial charge in [0.15, 0.2) is 11.1 Å². The second-order valence-corrected chi connectivity index (χ2v) is 8.72. The topological polar surface area (TPSA) is 43.8 Å². The summed E-state index contributed by atoms with van der Waals surface area (Å²) < 4.78 is 0. The zero-order valence-electron chi connectivity index (χ0n) is 17.1. The lowest BCUT2D eigenvalue weighted by Crippen LogP contribution is -2.38. The molecule has 3 rings (SSSR count). The van der Waals surface area contributed by atoms with Crippen molar-refractivity contribution in [1.29, 1.82) is 0 Å². The molecule has 28 heavy (non-hydrogen) atoms. The first-order valence-electron chi connectivity index (χ1n) is 10.0. The van der Waals surface area contributed by atoms with Crippen LogP contribution in [0.2, 0.25) is 0 Å². The first-order valence-corrected chi connectivity index (χ1v) is 12.1. The molecule has 0 aliphatic carbocycles. The smallest absolute Gasteiger partial charge is 0.193 e. The predicted molar refractivity (Wildman–Crippen MR) is 123 cm³/mol. The molecule has 5 nitrogen and oxygen atoms in total. The molecule has 1 N–H and O–H groups in total. The van der Waals surface area contributed by atoms with E-state index in [9.17, 15) is 0 Å². The highest BCUT2D eigenvalue weighted by atomic mass is 32.2. The molecule has 1 fully saturated rings. The van der Waals surface area contributed by atoms with Crippen molar-refractivity contribution in [3.05, 3.63) is 40.9 Å². The summed E-state index contributed by atoms with van der Waals surface area (Å²) in [4.78, 5) is 15.5. The zero-order chi connectivity index (χ0) is 19.8. The second kappa shape index (κ2) is 10.7. The van der Waals surface area contributed by atoms with Crippen molar-refractivity contribution in [3.8, 4) is 0 Å². The Bertz CT molecular complexity index is 750. The number of anilines is 1. The van der Waals surface area contributed by atoms with E-state index in [-0.39, 0.29) is 0 Å². The molecule has 0 atom stereocenters. The van der Waals surface area contributed by atoms with E-state index >= 15 is 0 Å². The zero-order valence-corrected chi connectivity index (χ0v) is 18.8. The molecule has 0 unspecified atom stereocenters. The van der Waals surface area contributed by atoms with Gasteiger partial charge in [0.25, 0.3) is 0 Å². The Labute approximate surface area is 177 Å². The Morgan fingerprint density at radius 3 is 2.71 bits per heavy atom. The summed E-state index contributed by atoms with van der Waals surface area (Å²) in [5.41, 5.74) is 2.45. The number of nitrogens with one attached hydrogen (secondary N) is 1. The van der Waals surface area contributed by atoms with Gasteiger partial charge in [0.2, 0.25) is 0 Å². The van der Waals surface area contributed by atoms with Crippen LogP contribution in [0, 0.1) is 0 Å². The van der Waals surface area contributed by atoms with E-state index in [1.165, 1.54) is 28.4 Å². The van der Waals surface area contributed by atoms with Crippen molar-refractivity contribution < 1.29 is 0 Å². The van der Waals surface area contributed by atoms with Crippen LogP contribution in [0.4, 0.5) is 5.13 Å². The molecule has 2 aromatic rings. The van der Waals surface area contributed by atoms with Crippen molar-refractivity contribution in [2.24, 2.45) is 4.99 Å². The number of hydrogen-bond donors (Lipinski definition) is 1. The number of aliphatic imine (C=N–C) groups is 1. The molecule has 0 spiro atoms. The van der Waals surface area contributed by atoms with Crippen molar-refractivity contribution in [1.82, 2.24) is 15.2 Å². The number of benzene rings is 1. The first-order chi connectivity index (χ1) is 13.7. The lowest BCUT2D eigenvalue weighted by atomic mass is 10.2. The second-order valence-electron chi connectivity index (χ2n) is 7.01. The molecule has 7 heteroatoms. The Balaban J connectivity index is 1.55. The van der Waals surface area contributed by atoms with E-state index < -0.39 is 0 Å². The highest BCUT2D eigenvalue weighted by Crippen LogP contribution is 2.24. The Kier molecular flexibility index (Phi) is 8.03. The van der Waals surface area contributed by atoms with Gasteiger partial charge in [-0.3, -0.25) is 4.99 Å². The van der Waals surface area contributed by atoms with Gasteiger partial charge >= 0.3 is 0 Å². The molecule has 1 aromatic heterocycles. The fourth-order valence-electron chi connectivity index (χ4n) is 3.29. The third kappa shape index (κ3) is 5.88. The average molecular weight is 418 g/mol. The molecule has 152 valence electrons. The molecule has 1 saturated heterocycles. The van der Waals surface area contributed by atoms with Gasteiger partial charge in [0, 0.05) is 56.5 Å². The SMILES string of the molecule is CCNC(=NCCc1csc(N2CCCC2)n1)N(C)Cc1ccc(SC)cc1. The van der Waals surface area contributed by atoms with Gasteiger partial charge < -0.3 is 15.1 Å². The molecular formula is C21H31N5S2. The van der Waals surface area contributed by atoms with Gasteiger partial charge in [-0.1, -0.05) is 12.1 Å². The summed E-state index contributed by atoms with van der Waals surface area (Å²) in [6.45, 7) is 6.87. The maximum absolute atomic E-state index is 4.82. The quantitative estimate of drug-likeness (QED) is 0.398. The number of aromatic nitrogens is 1. The summed E-state index contributed by atoms with van der Waals surface area (Å²) in [5.74, 6) is 0.950. The fourth-order valence-corrected chi connectivity index (χ4v) is 4.61. The normalized spacial score (nSPS) is 14.5. The van der Waals surface area contributed by atoms with Gasteiger partial charge in [-0.25, -0.2) is 4.98 Å². The number of thiazole rings is 1. The van der Waals surface area contributed by atoms with Gasteiger partial charge in [0.05, 0.1) is 5.69 Å². The van der Waals surface area contributed by atoms with Crippen LogP contribution in [-0.2, 0) is 13.0 Å². The van der Waals surface area contributed by atoms with Crippen molar-refractivity contribution >= 4 is 34.2 Å². The maximum atomic E-state index is 4.82. The fraction of sp³-hybridized carbons (Fsp3) is 0.524. The van der Waals surface area contributed by atoms with Crippen LogP contribution in [-0.4, -0.2) is 55.3 Å². The molecule has 0 bridgehead atoms. The van der Waals surface area contributed by atoms with Crippen LogP contribution in [0.5, 0.6) is 0 Å². The van der Waals surface area contributed by atoms with Crippen LogP contribution >= 0.6 is 23.1 Å². The van der Waals surface area contributed by atoms with Crippen LogP contribution in [0.3, 0.4) is 0 Å². The maximum Gasteiger partial charge on any atom is 0.193 e.